The lowest BCUT2D eigenvalue weighted by molar-refractivity contribution is 0.207. The van der Waals surface area contributed by atoms with Crippen molar-refractivity contribution in [2.45, 2.75) is 46.7 Å². The van der Waals surface area contributed by atoms with Gasteiger partial charge in [-0.15, -0.1) is 0 Å². The third-order valence-corrected chi connectivity index (χ3v) is 7.07. The van der Waals surface area contributed by atoms with E-state index in [9.17, 15) is 0 Å². The van der Waals surface area contributed by atoms with Crippen molar-refractivity contribution in [3.05, 3.63) is 28.8 Å². The Labute approximate surface area is 123 Å². The van der Waals surface area contributed by atoms with Gasteiger partial charge in [-0.3, -0.25) is 0 Å². The van der Waals surface area contributed by atoms with Crippen LogP contribution in [0.3, 0.4) is 0 Å². The number of hydrogen-bond donors (Lipinski definition) is 0. The van der Waals surface area contributed by atoms with Crippen molar-refractivity contribution in [1.82, 2.24) is 0 Å². The van der Waals surface area contributed by atoms with Crippen LogP contribution in [0.1, 0.15) is 33.3 Å². The molecule has 0 aromatic heterocycles. The number of aryl methyl sites for hydroxylation is 1. The molecule has 1 aromatic rings. The Kier molecular flexibility index (Phi) is 6.37. The van der Waals surface area contributed by atoms with Crippen LogP contribution in [0.25, 0.3) is 0 Å². The van der Waals surface area contributed by atoms with E-state index in [1.807, 2.05) is 25.1 Å². The standard InChI is InChI=1S/C15H25ClO2Si/c1-6-19(7-2,17-11-12(3)4)18-14-8-9-15(16)13(5)10-14/h8-10,12H,6-7,11H2,1-5H3. The van der Waals surface area contributed by atoms with Crippen molar-refractivity contribution in [3.63, 3.8) is 0 Å². The lowest BCUT2D eigenvalue weighted by Crippen LogP contribution is -2.44. The molecule has 19 heavy (non-hydrogen) atoms. The SMILES string of the molecule is CC[Si](CC)(OCC(C)C)Oc1ccc(Cl)c(C)c1. The van der Waals surface area contributed by atoms with Gasteiger partial charge < -0.3 is 8.85 Å². The minimum absolute atomic E-state index is 0.528. The Bertz CT molecular complexity index is 403. The second-order valence-corrected chi connectivity index (χ2v) is 9.47. The van der Waals surface area contributed by atoms with E-state index >= 15 is 0 Å². The van der Waals surface area contributed by atoms with Gasteiger partial charge in [0.25, 0.3) is 0 Å². The predicted octanol–water partition coefficient (Wildman–Crippen LogP) is 5.18. The Balaban J connectivity index is 2.84. The molecule has 0 atom stereocenters. The molecule has 0 N–H and O–H groups in total. The van der Waals surface area contributed by atoms with E-state index in [2.05, 4.69) is 27.7 Å². The van der Waals surface area contributed by atoms with E-state index in [4.69, 9.17) is 20.5 Å². The summed E-state index contributed by atoms with van der Waals surface area (Å²) in [5, 5.41) is 0.774. The highest BCUT2D eigenvalue weighted by atomic mass is 35.5. The average Bonchev–Trinajstić information content (AvgIpc) is 2.39. The van der Waals surface area contributed by atoms with Crippen LogP contribution in [-0.4, -0.2) is 15.2 Å². The molecule has 2 nitrogen and oxygen atoms in total. The Hall–Kier alpha value is -0.513. The molecule has 0 amide bonds. The molecule has 0 heterocycles. The number of halogens is 1. The molecule has 0 saturated carbocycles. The summed E-state index contributed by atoms with van der Waals surface area (Å²) in [7, 11) is -2.13. The quantitative estimate of drug-likeness (QED) is 0.646. The van der Waals surface area contributed by atoms with Gasteiger partial charge in [-0.1, -0.05) is 39.3 Å². The largest absolute Gasteiger partial charge is 0.520 e. The summed E-state index contributed by atoms with van der Waals surface area (Å²) in [6.45, 7) is 11.4. The number of rotatable bonds is 7. The lowest BCUT2D eigenvalue weighted by Gasteiger charge is -2.30. The second kappa shape index (κ2) is 7.32. The fourth-order valence-electron chi connectivity index (χ4n) is 1.84. The van der Waals surface area contributed by atoms with E-state index in [-0.39, 0.29) is 0 Å². The minimum atomic E-state index is -2.13. The summed E-state index contributed by atoms with van der Waals surface area (Å²) < 4.78 is 12.4. The summed E-state index contributed by atoms with van der Waals surface area (Å²) in [5.41, 5.74) is 1.04. The molecule has 1 aromatic carbocycles. The topological polar surface area (TPSA) is 18.5 Å². The molecule has 108 valence electrons. The minimum Gasteiger partial charge on any atom is -0.520 e. The van der Waals surface area contributed by atoms with Crippen LogP contribution < -0.4 is 4.43 Å². The Morgan fingerprint density at radius 3 is 2.32 bits per heavy atom. The molecule has 1 rings (SSSR count). The second-order valence-electron chi connectivity index (χ2n) is 5.34. The van der Waals surface area contributed by atoms with Gasteiger partial charge in [0, 0.05) is 11.6 Å². The van der Waals surface area contributed by atoms with Gasteiger partial charge in [0.2, 0.25) is 0 Å². The molecule has 0 saturated heterocycles. The van der Waals surface area contributed by atoms with Crippen LogP contribution in [0.15, 0.2) is 18.2 Å². The van der Waals surface area contributed by atoms with E-state index in [1.165, 1.54) is 0 Å². The van der Waals surface area contributed by atoms with E-state index < -0.39 is 8.56 Å². The van der Waals surface area contributed by atoms with Gasteiger partial charge in [-0.05, 0) is 48.7 Å². The summed E-state index contributed by atoms with van der Waals surface area (Å²) in [5.74, 6) is 1.40. The fourth-order valence-corrected chi connectivity index (χ4v) is 4.41. The monoisotopic (exact) mass is 300 g/mol. The van der Waals surface area contributed by atoms with Gasteiger partial charge in [0.05, 0.1) is 0 Å². The van der Waals surface area contributed by atoms with Gasteiger partial charge in [-0.25, -0.2) is 0 Å². The molecule has 0 aliphatic rings. The molecule has 4 heteroatoms. The Morgan fingerprint density at radius 1 is 1.21 bits per heavy atom. The Morgan fingerprint density at radius 2 is 1.84 bits per heavy atom. The first-order chi connectivity index (χ1) is 8.92. The molecule has 0 aliphatic heterocycles. The molecule has 0 radical (unpaired) electrons. The molecule has 0 spiro atoms. The highest BCUT2D eigenvalue weighted by Gasteiger charge is 2.36. The third kappa shape index (κ3) is 4.82. The number of hydrogen-bond acceptors (Lipinski definition) is 2. The van der Waals surface area contributed by atoms with E-state index in [0.29, 0.717) is 5.92 Å². The average molecular weight is 301 g/mol. The summed E-state index contributed by atoms with van der Waals surface area (Å²) in [4.78, 5) is 0. The van der Waals surface area contributed by atoms with Gasteiger partial charge in [0.15, 0.2) is 0 Å². The van der Waals surface area contributed by atoms with Crippen molar-refractivity contribution in [2.24, 2.45) is 5.92 Å². The van der Waals surface area contributed by atoms with Gasteiger partial charge in [0.1, 0.15) is 5.75 Å². The number of benzene rings is 1. The summed E-state index contributed by atoms with van der Waals surface area (Å²) >= 11 is 6.05. The van der Waals surface area contributed by atoms with Crippen LogP contribution in [-0.2, 0) is 4.43 Å². The van der Waals surface area contributed by atoms with Crippen LogP contribution in [0.2, 0.25) is 17.1 Å². The van der Waals surface area contributed by atoms with Crippen LogP contribution in [0, 0.1) is 12.8 Å². The van der Waals surface area contributed by atoms with Crippen molar-refractivity contribution in [2.75, 3.05) is 6.61 Å². The maximum Gasteiger partial charge on any atom is 0.398 e. The highest BCUT2D eigenvalue weighted by molar-refractivity contribution is 6.68. The molecular weight excluding hydrogens is 276 g/mol. The molecular formula is C15H25ClO2Si. The first kappa shape index (κ1) is 16.5. The van der Waals surface area contributed by atoms with Crippen LogP contribution in [0.5, 0.6) is 5.75 Å². The first-order valence-electron chi connectivity index (χ1n) is 7.01. The van der Waals surface area contributed by atoms with Crippen molar-refractivity contribution in [1.29, 1.82) is 0 Å². The molecule has 0 bridgehead atoms. The maximum atomic E-state index is 6.24. The third-order valence-electron chi connectivity index (χ3n) is 3.19. The van der Waals surface area contributed by atoms with Gasteiger partial charge in [-0.2, -0.15) is 0 Å². The maximum absolute atomic E-state index is 6.24. The molecule has 0 aliphatic carbocycles. The smallest absolute Gasteiger partial charge is 0.398 e. The van der Waals surface area contributed by atoms with Gasteiger partial charge >= 0.3 is 8.56 Å². The summed E-state index contributed by atoms with van der Waals surface area (Å²) in [6.07, 6.45) is 0. The van der Waals surface area contributed by atoms with E-state index in [0.717, 1.165) is 35.0 Å². The normalized spacial score (nSPS) is 11.9. The van der Waals surface area contributed by atoms with Crippen molar-refractivity contribution in [3.8, 4) is 5.75 Å². The first-order valence-corrected chi connectivity index (χ1v) is 9.62. The van der Waals surface area contributed by atoms with Crippen LogP contribution in [0.4, 0.5) is 0 Å². The molecule has 0 unspecified atom stereocenters. The van der Waals surface area contributed by atoms with Crippen LogP contribution >= 0.6 is 11.6 Å². The highest BCUT2D eigenvalue weighted by Crippen LogP contribution is 2.27. The fraction of sp³-hybridized carbons (Fsp3) is 0.600. The van der Waals surface area contributed by atoms with E-state index in [1.54, 1.807) is 0 Å². The zero-order chi connectivity index (χ0) is 14.5. The lowest BCUT2D eigenvalue weighted by atomic mass is 10.2. The zero-order valence-electron chi connectivity index (χ0n) is 12.6. The van der Waals surface area contributed by atoms with Crippen molar-refractivity contribution >= 4 is 20.2 Å². The zero-order valence-corrected chi connectivity index (χ0v) is 14.4. The predicted molar refractivity (Wildman–Crippen MR) is 84.3 cm³/mol. The summed E-state index contributed by atoms with van der Waals surface area (Å²) in [6, 6.07) is 7.73. The van der Waals surface area contributed by atoms with Crippen molar-refractivity contribution < 1.29 is 8.85 Å². The molecule has 0 fully saturated rings.